The van der Waals surface area contributed by atoms with Crippen molar-refractivity contribution in [1.82, 2.24) is 5.16 Å². The Morgan fingerprint density at radius 1 is 1.36 bits per heavy atom. The Morgan fingerprint density at radius 2 is 2.14 bits per heavy atom. The molecule has 0 aliphatic carbocycles. The van der Waals surface area contributed by atoms with Crippen molar-refractivity contribution in [3.05, 3.63) is 47.6 Å². The van der Waals surface area contributed by atoms with Crippen molar-refractivity contribution in [3.63, 3.8) is 0 Å². The topological polar surface area (TPSA) is 89.3 Å². The molecule has 0 unspecified atom stereocenters. The molecule has 0 atom stereocenters. The molecule has 2 rings (SSSR count). The molecule has 0 bridgehead atoms. The molecule has 0 aliphatic heterocycles. The predicted molar refractivity (Wildman–Crippen MR) is 78.4 cm³/mol. The number of halogens is 1. The van der Waals surface area contributed by atoms with Gasteiger partial charge in [-0.2, -0.15) is 0 Å². The highest BCUT2D eigenvalue weighted by molar-refractivity contribution is 7.90. The second-order valence-corrected chi connectivity index (χ2v) is 7.02. The minimum absolute atomic E-state index is 0.216. The summed E-state index contributed by atoms with van der Waals surface area (Å²) in [6, 6.07) is 6.91. The summed E-state index contributed by atoms with van der Waals surface area (Å²) < 4.78 is 41.6. The molecule has 0 radical (unpaired) electrons. The van der Waals surface area contributed by atoms with Gasteiger partial charge in [-0.25, -0.2) is 12.8 Å². The molecule has 118 valence electrons. The Labute approximate surface area is 127 Å². The number of hydrogen-bond donors (Lipinski definition) is 1. The molecule has 8 heteroatoms. The Bertz CT molecular complexity index is 771. The normalized spacial score (nSPS) is 11.4. The van der Waals surface area contributed by atoms with Gasteiger partial charge in [0, 0.05) is 18.2 Å². The van der Waals surface area contributed by atoms with Gasteiger partial charge in [-0.15, -0.1) is 0 Å². The van der Waals surface area contributed by atoms with E-state index in [4.69, 9.17) is 4.52 Å². The molecule has 0 saturated carbocycles. The van der Waals surface area contributed by atoms with Crippen LogP contribution in [0.2, 0.25) is 0 Å². The van der Waals surface area contributed by atoms with Gasteiger partial charge in [0.25, 0.3) is 0 Å². The molecule has 1 N–H and O–H groups in total. The summed E-state index contributed by atoms with van der Waals surface area (Å²) >= 11 is 0. The maximum atomic E-state index is 13.0. The third-order valence-electron chi connectivity index (χ3n) is 2.79. The molecular weight excluding hydrogens is 311 g/mol. The fourth-order valence-electron chi connectivity index (χ4n) is 1.81. The van der Waals surface area contributed by atoms with Crippen LogP contribution in [-0.4, -0.2) is 25.2 Å². The Balaban J connectivity index is 1.87. The third-order valence-corrected chi connectivity index (χ3v) is 4.34. The maximum absolute atomic E-state index is 13.0. The molecule has 0 saturated heterocycles. The smallest absolute Gasteiger partial charge is 0.225 e. The molecule has 6 nitrogen and oxygen atoms in total. The van der Waals surface area contributed by atoms with Crippen molar-refractivity contribution in [2.75, 3.05) is 11.1 Å². The van der Waals surface area contributed by atoms with Crippen LogP contribution in [0, 0.1) is 12.7 Å². The first kappa shape index (κ1) is 16.2. The second kappa shape index (κ2) is 6.69. The zero-order chi connectivity index (χ0) is 16.2. The highest BCUT2D eigenvalue weighted by atomic mass is 32.2. The number of benzene rings is 1. The summed E-state index contributed by atoms with van der Waals surface area (Å²) in [5, 5.41) is 6.05. The van der Waals surface area contributed by atoms with E-state index >= 15 is 0 Å². The summed E-state index contributed by atoms with van der Waals surface area (Å²) in [6.45, 7) is 1.69. The number of sulfone groups is 1. The van der Waals surface area contributed by atoms with Crippen LogP contribution in [0.25, 0.3) is 0 Å². The van der Waals surface area contributed by atoms with Crippen LogP contribution >= 0.6 is 0 Å². The number of anilines is 1. The van der Waals surface area contributed by atoms with Gasteiger partial charge in [0.15, 0.2) is 15.6 Å². The maximum Gasteiger partial charge on any atom is 0.225 e. The van der Waals surface area contributed by atoms with Crippen LogP contribution in [-0.2, 0) is 20.4 Å². The summed E-state index contributed by atoms with van der Waals surface area (Å²) in [5.41, 5.74) is 0.877. The summed E-state index contributed by atoms with van der Waals surface area (Å²) in [6.07, 6.45) is -0.216. The van der Waals surface area contributed by atoms with Crippen LogP contribution in [0.1, 0.15) is 17.9 Å². The van der Waals surface area contributed by atoms with Crippen LogP contribution < -0.4 is 5.32 Å². The van der Waals surface area contributed by atoms with Crippen molar-refractivity contribution < 1.29 is 22.1 Å². The van der Waals surface area contributed by atoms with E-state index in [2.05, 4.69) is 10.5 Å². The first-order valence-corrected chi connectivity index (χ1v) is 8.34. The molecule has 1 aromatic carbocycles. The molecule has 1 aromatic heterocycles. The van der Waals surface area contributed by atoms with Gasteiger partial charge >= 0.3 is 0 Å². The lowest BCUT2D eigenvalue weighted by atomic mass is 10.3. The first-order chi connectivity index (χ1) is 10.3. The van der Waals surface area contributed by atoms with Crippen LogP contribution in [0.4, 0.5) is 10.1 Å². The predicted octanol–water partition coefficient (Wildman–Crippen LogP) is 2.07. The van der Waals surface area contributed by atoms with Crippen molar-refractivity contribution in [1.29, 1.82) is 0 Å². The number of carbonyl (C=O) groups is 1. The van der Waals surface area contributed by atoms with Crippen LogP contribution in [0.3, 0.4) is 0 Å². The highest BCUT2D eigenvalue weighted by Crippen LogP contribution is 2.11. The van der Waals surface area contributed by atoms with Gasteiger partial charge in [-0.3, -0.25) is 4.79 Å². The fourth-order valence-corrected chi connectivity index (χ4v) is 3.02. The quantitative estimate of drug-likeness (QED) is 0.877. The molecule has 22 heavy (non-hydrogen) atoms. The van der Waals surface area contributed by atoms with Crippen LogP contribution in [0.5, 0.6) is 0 Å². The Hall–Kier alpha value is -2.22. The van der Waals surface area contributed by atoms with E-state index in [1.54, 1.807) is 6.92 Å². The first-order valence-electron chi connectivity index (χ1n) is 6.52. The lowest BCUT2D eigenvalue weighted by Gasteiger charge is -2.05. The van der Waals surface area contributed by atoms with Gasteiger partial charge in [-0.05, 0) is 25.1 Å². The minimum atomic E-state index is -3.49. The zero-order valence-corrected chi connectivity index (χ0v) is 12.7. The van der Waals surface area contributed by atoms with E-state index in [1.807, 2.05) is 0 Å². The number of hydrogen-bond acceptors (Lipinski definition) is 5. The van der Waals surface area contributed by atoms with Crippen molar-refractivity contribution in [2.45, 2.75) is 19.1 Å². The monoisotopic (exact) mass is 326 g/mol. The largest absolute Gasteiger partial charge is 0.360 e. The summed E-state index contributed by atoms with van der Waals surface area (Å²) in [5.74, 6) is -1.37. The van der Waals surface area contributed by atoms with Crippen molar-refractivity contribution in [2.24, 2.45) is 0 Å². The molecule has 2 aromatic rings. The Morgan fingerprint density at radius 3 is 2.77 bits per heavy atom. The molecule has 0 fully saturated rings. The number of nitrogens with zero attached hydrogens (tertiary/aromatic N) is 1. The molecule has 0 aliphatic rings. The number of aryl methyl sites for hydroxylation is 1. The lowest BCUT2D eigenvalue weighted by Crippen LogP contribution is -2.18. The van der Waals surface area contributed by atoms with Crippen molar-refractivity contribution in [3.8, 4) is 0 Å². The van der Waals surface area contributed by atoms with Crippen LogP contribution in [0.15, 0.2) is 34.9 Å². The Kier molecular flexibility index (Phi) is 4.92. The van der Waals surface area contributed by atoms with Gasteiger partial charge < -0.3 is 9.84 Å². The standard InChI is InChI=1S/C14H15FN2O4S/c1-10-7-13(21-17-10)9-22(19,20)6-5-14(18)16-12-4-2-3-11(15)8-12/h2-4,7-8H,5-6,9H2,1H3,(H,16,18). The number of amides is 1. The SMILES string of the molecule is Cc1cc(CS(=O)(=O)CCC(=O)Nc2cccc(F)c2)on1. The summed E-state index contributed by atoms with van der Waals surface area (Å²) in [7, 11) is -3.49. The van der Waals surface area contributed by atoms with E-state index in [0.29, 0.717) is 5.69 Å². The number of nitrogens with one attached hydrogen (secondary N) is 1. The van der Waals surface area contributed by atoms with Gasteiger partial charge in [0.2, 0.25) is 5.91 Å². The molecule has 1 amide bonds. The van der Waals surface area contributed by atoms with E-state index in [1.165, 1.54) is 24.3 Å². The average molecular weight is 326 g/mol. The molecule has 0 spiro atoms. The number of rotatable bonds is 6. The minimum Gasteiger partial charge on any atom is -0.360 e. The number of carbonyl (C=O) groups excluding carboxylic acids is 1. The van der Waals surface area contributed by atoms with E-state index in [9.17, 15) is 17.6 Å². The second-order valence-electron chi connectivity index (χ2n) is 4.84. The van der Waals surface area contributed by atoms with Gasteiger partial charge in [-0.1, -0.05) is 11.2 Å². The molecule has 1 heterocycles. The lowest BCUT2D eigenvalue weighted by molar-refractivity contribution is -0.115. The molecular formula is C14H15FN2O4S. The number of aromatic nitrogens is 1. The van der Waals surface area contributed by atoms with E-state index in [0.717, 1.165) is 6.07 Å². The average Bonchev–Trinajstić information content (AvgIpc) is 2.81. The zero-order valence-electron chi connectivity index (χ0n) is 11.9. The van der Waals surface area contributed by atoms with E-state index < -0.39 is 21.6 Å². The highest BCUT2D eigenvalue weighted by Gasteiger charge is 2.17. The third kappa shape index (κ3) is 4.96. The van der Waals surface area contributed by atoms with Gasteiger partial charge in [0.05, 0.1) is 11.4 Å². The van der Waals surface area contributed by atoms with Crippen molar-refractivity contribution >= 4 is 21.4 Å². The fraction of sp³-hybridized carbons (Fsp3) is 0.286. The summed E-state index contributed by atoms with van der Waals surface area (Å²) in [4.78, 5) is 11.7. The van der Waals surface area contributed by atoms with E-state index in [-0.39, 0.29) is 29.4 Å². The van der Waals surface area contributed by atoms with Gasteiger partial charge in [0.1, 0.15) is 11.6 Å².